The van der Waals surface area contributed by atoms with Crippen LogP contribution in [-0.4, -0.2) is 41.0 Å². The number of rotatable bonds is 6. The van der Waals surface area contributed by atoms with Crippen molar-refractivity contribution in [1.29, 1.82) is 0 Å². The van der Waals surface area contributed by atoms with Gasteiger partial charge in [0.1, 0.15) is 0 Å². The van der Waals surface area contributed by atoms with Crippen LogP contribution in [0.1, 0.15) is 15.9 Å². The Morgan fingerprint density at radius 1 is 1.44 bits per heavy atom. The van der Waals surface area contributed by atoms with Gasteiger partial charge in [0.05, 0.1) is 6.54 Å². The molecule has 5 nitrogen and oxygen atoms in total. The van der Waals surface area contributed by atoms with Crippen molar-refractivity contribution in [2.75, 3.05) is 12.8 Å². The fourth-order valence-corrected chi connectivity index (χ4v) is 1.86. The van der Waals surface area contributed by atoms with E-state index in [0.29, 0.717) is 5.56 Å². The zero-order valence-corrected chi connectivity index (χ0v) is 10.7. The van der Waals surface area contributed by atoms with Gasteiger partial charge in [-0.25, -0.2) is 4.79 Å². The maximum absolute atomic E-state index is 11.7. The lowest BCUT2D eigenvalue weighted by molar-refractivity contribution is -0.146. The molecule has 98 valence electrons. The van der Waals surface area contributed by atoms with Crippen molar-refractivity contribution in [3.8, 4) is 0 Å². The minimum absolute atomic E-state index is 0.305. The van der Waals surface area contributed by atoms with Gasteiger partial charge in [0, 0.05) is 11.3 Å². The van der Waals surface area contributed by atoms with Gasteiger partial charge in [0.2, 0.25) is 0 Å². The van der Waals surface area contributed by atoms with E-state index in [1.54, 1.807) is 30.0 Å². The molecule has 0 aliphatic carbocycles. The van der Waals surface area contributed by atoms with Crippen LogP contribution in [0.5, 0.6) is 0 Å². The van der Waals surface area contributed by atoms with Crippen molar-refractivity contribution in [2.24, 2.45) is 0 Å². The molecule has 0 aliphatic heterocycles. The van der Waals surface area contributed by atoms with Gasteiger partial charge in [-0.1, -0.05) is 12.1 Å². The molecular formula is C12H15NO4S. The van der Waals surface area contributed by atoms with Crippen LogP contribution in [0, 0.1) is 0 Å². The number of hydrogen-bond donors (Lipinski definition) is 3. The number of amides is 1. The summed E-state index contributed by atoms with van der Waals surface area (Å²) in [6.45, 7) is -0.305. The normalized spacial score (nSPS) is 11.9. The molecule has 0 saturated heterocycles. The minimum atomic E-state index is -1.58. The average molecular weight is 269 g/mol. The summed E-state index contributed by atoms with van der Waals surface area (Å²) in [4.78, 5) is 22.1. The number of thioether (sulfide) groups is 1. The summed E-state index contributed by atoms with van der Waals surface area (Å²) in [6.07, 6.45) is 0.388. The maximum Gasteiger partial charge on any atom is 0.334 e. The van der Waals surface area contributed by atoms with E-state index in [9.17, 15) is 9.59 Å². The number of carboxylic acid groups (broad SMARTS) is 1. The van der Waals surface area contributed by atoms with E-state index in [2.05, 4.69) is 5.32 Å². The largest absolute Gasteiger partial charge is 0.479 e. The molecule has 18 heavy (non-hydrogen) atoms. The quantitative estimate of drug-likeness (QED) is 0.708. The third-order valence-corrected chi connectivity index (χ3v) is 2.86. The van der Waals surface area contributed by atoms with Gasteiger partial charge < -0.3 is 15.5 Å². The molecule has 0 saturated carbocycles. The number of aliphatic carboxylic acids is 1. The lowest BCUT2D eigenvalue weighted by Crippen LogP contribution is -2.36. The molecule has 0 radical (unpaired) electrons. The molecule has 1 aromatic carbocycles. The third-order valence-electron chi connectivity index (χ3n) is 2.24. The van der Waals surface area contributed by atoms with E-state index in [1.165, 1.54) is 0 Å². The second-order valence-corrected chi connectivity index (χ2v) is 4.56. The summed E-state index contributed by atoms with van der Waals surface area (Å²) in [6, 6.07) is 7.08. The summed E-state index contributed by atoms with van der Waals surface area (Å²) >= 11 is 1.65. The van der Waals surface area contributed by atoms with Crippen LogP contribution >= 0.6 is 11.8 Å². The van der Waals surface area contributed by atoms with E-state index in [4.69, 9.17) is 10.2 Å². The van der Waals surface area contributed by atoms with Gasteiger partial charge in [-0.3, -0.25) is 4.79 Å². The van der Waals surface area contributed by atoms with Crippen molar-refractivity contribution in [3.63, 3.8) is 0 Å². The highest BCUT2D eigenvalue weighted by molar-refractivity contribution is 7.97. The Bertz CT molecular complexity index is 436. The highest BCUT2D eigenvalue weighted by Crippen LogP contribution is 2.11. The Labute approximate surface area is 109 Å². The number of carbonyl (C=O) groups is 2. The summed E-state index contributed by atoms with van der Waals surface area (Å²) in [5.41, 5.74) is 1.48. The molecule has 0 aliphatic rings. The summed E-state index contributed by atoms with van der Waals surface area (Å²) < 4.78 is 0. The lowest BCUT2D eigenvalue weighted by Gasteiger charge is -2.08. The zero-order chi connectivity index (χ0) is 13.5. The monoisotopic (exact) mass is 269 g/mol. The minimum Gasteiger partial charge on any atom is -0.479 e. The third kappa shape index (κ3) is 4.38. The summed E-state index contributed by atoms with van der Waals surface area (Å²) in [5, 5.41) is 19.9. The predicted octanol–water partition coefficient (Wildman–Crippen LogP) is 0.725. The molecule has 0 bridgehead atoms. The zero-order valence-electron chi connectivity index (χ0n) is 9.92. The van der Waals surface area contributed by atoms with Crippen LogP contribution in [0.25, 0.3) is 0 Å². The second-order valence-electron chi connectivity index (χ2n) is 3.70. The Morgan fingerprint density at radius 3 is 2.78 bits per heavy atom. The Hall–Kier alpha value is -1.53. The van der Waals surface area contributed by atoms with E-state index in [0.717, 1.165) is 11.3 Å². The van der Waals surface area contributed by atoms with Crippen LogP contribution in [0.4, 0.5) is 0 Å². The molecule has 0 spiro atoms. The Balaban J connectivity index is 2.61. The molecule has 0 aromatic heterocycles. The standard InChI is InChI=1S/C12H15NO4S/c1-18-7-8-3-2-4-9(5-8)11(15)13-6-10(14)12(16)17/h2-5,10,14H,6-7H2,1H3,(H,13,15)(H,16,17)/t10-/m0/s1. The van der Waals surface area contributed by atoms with Crippen molar-refractivity contribution in [2.45, 2.75) is 11.9 Å². The predicted molar refractivity (Wildman–Crippen MR) is 69.6 cm³/mol. The molecule has 0 unspecified atom stereocenters. The highest BCUT2D eigenvalue weighted by Gasteiger charge is 2.14. The van der Waals surface area contributed by atoms with E-state index >= 15 is 0 Å². The first-order chi connectivity index (χ1) is 8.54. The molecule has 1 atom stereocenters. The Kier molecular flexibility index (Phi) is 5.67. The van der Waals surface area contributed by atoms with E-state index < -0.39 is 18.0 Å². The van der Waals surface area contributed by atoms with Gasteiger partial charge in [-0.05, 0) is 24.0 Å². The molecule has 1 aromatic rings. The van der Waals surface area contributed by atoms with Gasteiger partial charge in [-0.2, -0.15) is 11.8 Å². The van der Waals surface area contributed by atoms with Crippen molar-refractivity contribution in [3.05, 3.63) is 35.4 Å². The van der Waals surface area contributed by atoms with Crippen LogP contribution in [0.3, 0.4) is 0 Å². The first kappa shape index (κ1) is 14.5. The SMILES string of the molecule is CSCc1cccc(C(=O)NC[C@H](O)C(=O)O)c1. The molecule has 0 fully saturated rings. The van der Waals surface area contributed by atoms with Gasteiger partial charge >= 0.3 is 5.97 Å². The van der Waals surface area contributed by atoms with Crippen molar-refractivity contribution >= 4 is 23.6 Å². The van der Waals surface area contributed by atoms with E-state index in [-0.39, 0.29) is 6.54 Å². The number of hydrogen-bond acceptors (Lipinski definition) is 4. The maximum atomic E-state index is 11.7. The molecule has 0 heterocycles. The van der Waals surface area contributed by atoms with Gasteiger partial charge in [0.25, 0.3) is 5.91 Å². The number of carboxylic acids is 1. The molecule has 1 amide bonds. The van der Waals surface area contributed by atoms with Crippen LogP contribution in [0.15, 0.2) is 24.3 Å². The first-order valence-corrected chi connectivity index (χ1v) is 6.71. The van der Waals surface area contributed by atoms with Gasteiger partial charge in [0.15, 0.2) is 6.10 Å². The van der Waals surface area contributed by atoms with E-state index in [1.807, 2.05) is 12.3 Å². The first-order valence-electron chi connectivity index (χ1n) is 5.31. The summed E-state index contributed by atoms with van der Waals surface area (Å²) in [7, 11) is 0. The Morgan fingerprint density at radius 2 is 2.17 bits per heavy atom. The molecule has 3 N–H and O–H groups in total. The molecule has 6 heteroatoms. The lowest BCUT2D eigenvalue weighted by atomic mass is 10.1. The second kappa shape index (κ2) is 7.03. The summed E-state index contributed by atoms with van der Waals surface area (Å²) in [5.74, 6) is -0.941. The fourth-order valence-electron chi connectivity index (χ4n) is 1.35. The number of carbonyl (C=O) groups excluding carboxylic acids is 1. The van der Waals surface area contributed by atoms with Crippen LogP contribution < -0.4 is 5.32 Å². The van der Waals surface area contributed by atoms with Crippen molar-refractivity contribution < 1.29 is 19.8 Å². The highest BCUT2D eigenvalue weighted by atomic mass is 32.2. The average Bonchev–Trinajstić information content (AvgIpc) is 2.36. The number of aliphatic hydroxyl groups is 1. The fraction of sp³-hybridized carbons (Fsp3) is 0.333. The number of aliphatic hydroxyl groups excluding tert-OH is 1. The van der Waals surface area contributed by atoms with Crippen LogP contribution in [0.2, 0.25) is 0 Å². The van der Waals surface area contributed by atoms with Gasteiger partial charge in [-0.15, -0.1) is 0 Å². The number of benzene rings is 1. The number of nitrogens with one attached hydrogen (secondary N) is 1. The van der Waals surface area contributed by atoms with Crippen molar-refractivity contribution in [1.82, 2.24) is 5.32 Å². The smallest absolute Gasteiger partial charge is 0.334 e. The molecular weight excluding hydrogens is 254 g/mol. The molecule has 1 rings (SSSR count). The van der Waals surface area contributed by atoms with Crippen LogP contribution in [-0.2, 0) is 10.5 Å². The topological polar surface area (TPSA) is 86.6 Å².